The fraction of sp³-hybridized carbons (Fsp3) is 1.00. The quantitative estimate of drug-likeness (QED) is 0.267. The average Bonchev–Trinajstić information content (AvgIpc) is 2.44. The van der Waals surface area contributed by atoms with E-state index in [4.69, 9.17) is 0 Å². The van der Waals surface area contributed by atoms with Crippen LogP contribution in [0.25, 0.3) is 0 Å². The number of fused-ring (bicyclic) bond motifs is 2. The smallest absolute Gasteiger partial charge is 0.109 e. The molecule has 2 rings (SSSR count). The summed E-state index contributed by atoms with van der Waals surface area (Å²) in [7, 11) is 0. The number of hydrogen-bond donors (Lipinski definition) is 5. The van der Waals surface area contributed by atoms with Gasteiger partial charge in [0.25, 0.3) is 0 Å². The minimum atomic E-state index is -1.03. The molecule has 0 spiro atoms. The van der Waals surface area contributed by atoms with Crippen molar-refractivity contribution in [3.8, 4) is 0 Å². The molecule has 5 heteroatoms. The van der Waals surface area contributed by atoms with Gasteiger partial charge in [-0.3, -0.25) is 10.9 Å². The first-order chi connectivity index (χ1) is 5.20. The van der Waals surface area contributed by atoms with E-state index in [1.165, 1.54) is 0 Å². The van der Waals surface area contributed by atoms with E-state index in [2.05, 4.69) is 10.9 Å². The predicted molar refractivity (Wildman–Crippen MR) is 36.5 cm³/mol. The van der Waals surface area contributed by atoms with Crippen LogP contribution in [0.4, 0.5) is 0 Å². The Morgan fingerprint density at radius 3 is 1.73 bits per heavy atom. The molecule has 5 nitrogen and oxygen atoms in total. The lowest BCUT2D eigenvalue weighted by Crippen LogP contribution is -2.53. The van der Waals surface area contributed by atoms with Gasteiger partial charge in [0.15, 0.2) is 0 Å². The van der Waals surface area contributed by atoms with Crippen molar-refractivity contribution in [1.82, 2.24) is 10.9 Å². The molecule has 2 fully saturated rings. The third kappa shape index (κ3) is 0.969. The molecule has 1 saturated heterocycles. The third-order valence-corrected chi connectivity index (χ3v) is 2.49. The Hall–Kier alpha value is -0.200. The van der Waals surface area contributed by atoms with E-state index in [-0.39, 0.29) is 12.1 Å². The Morgan fingerprint density at radius 1 is 0.818 bits per heavy atom. The molecule has 5 N–H and O–H groups in total. The lowest BCUT2D eigenvalue weighted by molar-refractivity contribution is -0.0904. The highest BCUT2D eigenvalue weighted by Gasteiger charge is 2.46. The van der Waals surface area contributed by atoms with E-state index in [1.54, 1.807) is 0 Å². The maximum absolute atomic E-state index is 9.32. The maximum atomic E-state index is 9.32. The second-order valence-electron chi connectivity index (χ2n) is 3.21. The maximum Gasteiger partial charge on any atom is 0.109 e. The van der Waals surface area contributed by atoms with Crippen molar-refractivity contribution >= 4 is 0 Å². The SMILES string of the molecule is OC1C2CC(NN2)C(O)C1O. The lowest BCUT2D eigenvalue weighted by atomic mass is 9.86. The number of aliphatic hydroxyl groups is 3. The molecule has 2 bridgehead atoms. The van der Waals surface area contributed by atoms with Crippen LogP contribution >= 0.6 is 0 Å². The Morgan fingerprint density at radius 2 is 1.27 bits per heavy atom. The summed E-state index contributed by atoms with van der Waals surface area (Å²) in [5, 5.41) is 27.9. The molecule has 2 aliphatic rings. The second kappa shape index (κ2) is 2.40. The van der Waals surface area contributed by atoms with Crippen LogP contribution in [0.1, 0.15) is 6.42 Å². The van der Waals surface area contributed by atoms with Crippen molar-refractivity contribution in [2.45, 2.75) is 36.8 Å². The Balaban J connectivity index is 2.16. The fourth-order valence-corrected chi connectivity index (χ4v) is 1.73. The van der Waals surface area contributed by atoms with Crippen molar-refractivity contribution in [1.29, 1.82) is 0 Å². The topological polar surface area (TPSA) is 84.8 Å². The molecule has 4 atom stereocenters. The summed E-state index contributed by atoms with van der Waals surface area (Å²) in [6.07, 6.45) is -2.09. The van der Waals surface area contributed by atoms with Crippen LogP contribution in [0.3, 0.4) is 0 Å². The molecule has 0 aromatic heterocycles. The van der Waals surface area contributed by atoms with Gasteiger partial charge in [-0.2, -0.15) is 0 Å². The molecule has 1 saturated carbocycles. The summed E-state index contributed by atoms with van der Waals surface area (Å²) in [6, 6.07) is -0.253. The third-order valence-electron chi connectivity index (χ3n) is 2.49. The van der Waals surface area contributed by atoms with E-state index in [9.17, 15) is 15.3 Å². The second-order valence-corrected chi connectivity index (χ2v) is 3.21. The molecular weight excluding hydrogens is 148 g/mol. The summed E-state index contributed by atoms with van der Waals surface area (Å²) in [5.41, 5.74) is 5.62. The number of hydrogen-bond acceptors (Lipinski definition) is 5. The average molecular weight is 160 g/mol. The molecule has 0 aromatic carbocycles. The van der Waals surface area contributed by atoms with Gasteiger partial charge in [-0.15, -0.1) is 0 Å². The number of nitrogens with one attached hydrogen (secondary N) is 2. The van der Waals surface area contributed by atoms with Gasteiger partial charge in [0.05, 0.1) is 24.3 Å². The van der Waals surface area contributed by atoms with Crippen molar-refractivity contribution in [2.24, 2.45) is 0 Å². The molecular formula is C6H12N2O3. The van der Waals surface area contributed by atoms with E-state index in [0.29, 0.717) is 6.42 Å². The first-order valence-corrected chi connectivity index (χ1v) is 3.75. The minimum absolute atomic E-state index is 0.126. The summed E-state index contributed by atoms with van der Waals surface area (Å²) in [6.45, 7) is 0. The molecule has 0 aromatic rings. The molecule has 11 heavy (non-hydrogen) atoms. The van der Waals surface area contributed by atoms with E-state index < -0.39 is 18.3 Å². The van der Waals surface area contributed by atoms with Crippen LogP contribution < -0.4 is 10.9 Å². The number of aliphatic hydroxyl groups excluding tert-OH is 3. The van der Waals surface area contributed by atoms with Crippen LogP contribution in [-0.2, 0) is 0 Å². The van der Waals surface area contributed by atoms with Crippen LogP contribution in [-0.4, -0.2) is 45.7 Å². The van der Waals surface area contributed by atoms with Crippen LogP contribution in [0.5, 0.6) is 0 Å². The Kier molecular flexibility index (Phi) is 1.62. The largest absolute Gasteiger partial charge is 0.389 e. The first-order valence-electron chi connectivity index (χ1n) is 3.75. The summed E-state index contributed by atoms with van der Waals surface area (Å²) >= 11 is 0. The first kappa shape index (κ1) is 7.45. The van der Waals surface area contributed by atoms with E-state index in [0.717, 1.165) is 0 Å². The molecule has 4 unspecified atom stereocenters. The van der Waals surface area contributed by atoms with Gasteiger partial charge in [-0.05, 0) is 6.42 Å². The normalized spacial score (nSPS) is 56.5. The minimum Gasteiger partial charge on any atom is -0.389 e. The highest BCUT2D eigenvalue weighted by molar-refractivity contribution is 5.02. The molecule has 0 amide bonds. The fourth-order valence-electron chi connectivity index (χ4n) is 1.73. The zero-order chi connectivity index (χ0) is 8.01. The summed E-state index contributed by atoms with van der Waals surface area (Å²) in [4.78, 5) is 0. The Labute approximate surface area is 64.0 Å². The monoisotopic (exact) mass is 160 g/mol. The van der Waals surface area contributed by atoms with Crippen molar-refractivity contribution < 1.29 is 15.3 Å². The Bertz CT molecular complexity index is 146. The standard InChI is InChI=1S/C6H12N2O3/c9-4-2-1-3(8-7-2)5(10)6(4)11/h2-11H,1H2. The van der Waals surface area contributed by atoms with Crippen LogP contribution in [0.15, 0.2) is 0 Å². The van der Waals surface area contributed by atoms with Crippen LogP contribution in [0, 0.1) is 0 Å². The van der Waals surface area contributed by atoms with Gasteiger partial charge in [-0.25, -0.2) is 0 Å². The van der Waals surface area contributed by atoms with Crippen molar-refractivity contribution in [2.75, 3.05) is 0 Å². The van der Waals surface area contributed by atoms with Crippen LogP contribution in [0.2, 0.25) is 0 Å². The van der Waals surface area contributed by atoms with Crippen molar-refractivity contribution in [3.05, 3.63) is 0 Å². The highest BCUT2D eigenvalue weighted by atomic mass is 16.4. The lowest BCUT2D eigenvalue weighted by Gasteiger charge is -2.32. The molecule has 1 heterocycles. The van der Waals surface area contributed by atoms with E-state index in [1.807, 2.05) is 0 Å². The number of rotatable bonds is 0. The highest BCUT2D eigenvalue weighted by Crippen LogP contribution is 2.23. The van der Waals surface area contributed by atoms with Gasteiger partial charge in [0.2, 0.25) is 0 Å². The molecule has 0 radical (unpaired) electrons. The predicted octanol–water partition coefficient (Wildman–Crippen LogP) is -2.68. The molecule has 1 aliphatic carbocycles. The molecule has 64 valence electrons. The van der Waals surface area contributed by atoms with E-state index >= 15 is 0 Å². The van der Waals surface area contributed by atoms with Gasteiger partial charge >= 0.3 is 0 Å². The molecule has 1 aliphatic heterocycles. The van der Waals surface area contributed by atoms with Gasteiger partial charge < -0.3 is 15.3 Å². The summed E-state index contributed by atoms with van der Waals surface area (Å²) in [5.74, 6) is 0. The van der Waals surface area contributed by atoms with Gasteiger partial charge in [-0.1, -0.05) is 0 Å². The zero-order valence-corrected chi connectivity index (χ0v) is 5.94. The van der Waals surface area contributed by atoms with Crippen molar-refractivity contribution in [3.63, 3.8) is 0 Å². The number of hydrazine groups is 1. The van der Waals surface area contributed by atoms with Gasteiger partial charge in [0.1, 0.15) is 6.10 Å². The summed E-state index contributed by atoms with van der Waals surface area (Å²) < 4.78 is 0. The zero-order valence-electron chi connectivity index (χ0n) is 5.94. The van der Waals surface area contributed by atoms with Gasteiger partial charge in [0, 0.05) is 0 Å².